The summed E-state index contributed by atoms with van der Waals surface area (Å²) in [5, 5.41) is 0. The molecule has 0 aliphatic heterocycles. The van der Waals surface area contributed by atoms with Crippen molar-refractivity contribution in [2.45, 2.75) is 39.5 Å². The maximum absolute atomic E-state index is 10.8. The SMILES string of the molecule is Cc1cc(C)cc(N(CCCCS(=O)(=O)O)CCCCS(=O)(=O)O)c1.[Na].[Na]. The third kappa shape index (κ3) is 15.4. The first-order valence-electron chi connectivity index (χ1n) is 8.20. The molecule has 0 bridgehead atoms. The molecule has 146 valence electrons. The van der Waals surface area contributed by atoms with Crippen LogP contribution in [0.25, 0.3) is 0 Å². The molecule has 0 aliphatic rings. The number of benzene rings is 1. The molecule has 0 amide bonds. The van der Waals surface area contributed by atoms with Crippen molar-refractivity contribution in [2.24, 2.45) is 0 Å². The van der Waals surface area contributed by atoms with Crippen molar-refractivity contribution in [3.05, 3.63) is 29.3 Å². The summed E-state index contributed by atoms with van der Waals surface area (Å²) in [5.74, 6) is -0.535. The molecule has 11 heteroatoms. The second kappa shape index (κ2) is 14.0. The minimum absolute atomic E-state index is 0. The van der Waals surface area contributed by atoms with Crippen LogP contribution in [-0.2, 0) is 20.2 Å². The van der Waals surface area contributed by atoms with Crippen LogP contribution in [0, 0.1) is 13.8 Å². The predicted octanol–water partition coefficient (Wildman–Crippen LogP) is 1.68. The monoisotopic (exact) mass is 439 g/mol. The molecular weight excluding hydrogens is 412 g/mol. The van der Waals surface area contributed by atoms with Gasteiger partial charge in [0.05, 0.1) is 11.5 Å². The first-order chi connectivity index (χ1) is 11.5. The van der Waals surface area contributed by atoms with Crippen LogP contribution in [0.1, 0.15) is 36.8 Å². The van der Waals surface area contributed by atoms with E-state index in [2.05, 4.69) is 11.0 Å². The molecule has 0 spiro atoms. The fourth-order valence-corrected chi connectivity index (χ4v) is 3.82. The molecule has 2 N–H and O–H groups in total. The van der Waals surface area contributed by atoms with Crippen LogP contribution in [0.5, 0.6) is 0 Å². The van der Waals surface area contributed by atoms with Crippen LogP contribution in [0.15, 0.2) is 18.2 Å². The summed E-state index contributed by atoms with van der Waals surface area (Å²) in [4.78, 5) is 2.08. The molecule has 0 aliphatic carbocycles. The Hall–Kier alpha value is 0.840. The number of nitrogens with zero attached hydrogens (tertiary/aromatic N) is 1. The number of aryl methyl sites for hydroxylation is 2. The smallest absolute Gasteiger partial charge is 0.264 e. The van der Waals surface area contributed by atoms with Crippen LogP contribution in [0.2, 0.25) is 0 Å². The zero-order valence-corrected chi connectivity index (χ0v) is 22.3. The van der Waals surface area contributed by atoms with Crippen LogP contribution in [-0.4, -0.2) is 110 Å². The van der Waals surface area contributed by atoms with Gasteiger partial charge in [0, 0.05) is 77.9 Å². The van der Waals surface area contributed by atoms with Crippen molar-refractivity contribution in [2.75, 3.05) is 29.5 Å². The van der Waals surface area contributed by atoms with Gasteiger partial charge in [-0.15, -0.1) is 0 Å². The van der Waals surface area contributed by atoms with E-state index in [0.29, 0.717) is 38.8 Å². The van der Waals surface area contributed by atoms with E-state index in [-0.39, 0.29) is 70.6 Å². The Morgan fingerprint density at radius 3 is 1.44 bits per heavy atom. The Balaban J connectivity index is 0. The van der Waals surface area contributed by atoms with Gasteiger partial charge in [-0.1, -0.05) is 6.07 Å². The first kappa shape index (κ1) is 30.0. The Morgan fingerprint density at radius 1 is 0.741 bits per heavy atom. The average Bonchev–Trinajstić information content (AvgIpc) is 2.42. The van der Waals surface area contributed by atoms with Gasteiger partial charge in [-0.2, -0.15) is 16.8 Å². The predicted molar refractivity (Wildman–Crippen MR) is 111 cm³/mol. The summed E-state index contributed by atoms with van der Waals surface area (Å²) < 4.78 is 60.8. The summed E-state index contributed by atoms with van der Waals surface area (Å²) in [6.07, 6.45) is 1.88. The molecule has 0 saturated heterocycles. The molecule has 0 atom stereocenters. The Labute approximate surface area is 207 Å². The van der Waals surface area contributed by atoms with E-state index in [1.165, 1.54) is 0 Å². The van der Waals surface area contributed by atoms with Crippen molar-refractivity contribution in [1.29, 1.82) is 0 Å². The normalized spacial score (nSPS) is 11.4. The molecule has 1 aromatic rings. The molecule has 7 nitrogen and oxygen atoms in total. The van der Waals surface area contributed by atoms with E-state index in [0.717, 1.165) is 16.8 Å². The van der Waals surface area contributed by atoms with Crippen LogP contribution in [0.3, 0.4) is 0 Å². The van der Waals surface area contributed by atoms with Crippen molar-refractivity contribution in [3.8, 4) is 0 Å². The molecule has 0 saturated carbocycles. The molecule has 27 heavy (non-hydrogen) atoms. The topological polar surface area (TPSA) is 112 Å². The van der Waals surface area contributed by atoms with Crippen molar-refractivity contribution < 1.29 is 25.9 Å². The molecular formula is C16H27NNa2O6S2. The third-order valence-electron chi connectivity index (χ3n) is 3.73. The fourth-order valence-electron chi connectivity index (χ4n) is 2.68. The van der Waals surface area contributed by atoms with E-state index in [1.54, 1.807) is 0 Å². The number of unbranched alkanes of at least 4 members (excludes halogenated alkanes) is 2. The number of hydrogen-bond donors (Lipinski definition) is 2. The minimum Gasteiger partial charge on any atom is -0.372 e. The van der Waals surface area contributed by atoms with Gasteiger partial charge < -0.3 is 4.90 Å². The maximum Gasteiger partial charge on any atom is 0.264 e. The molecule has 1 rings (SSSR count). The largest absolute Gasteiger partial charge is 0.372 e. The van der Waals surface area contributed by atoms with E-state index in [9.17, 15) is 16.8 Å². The van der Waals surface area contributed by atoms with Gasteiger partial charge in [-0.05, 0) is 62.8 Å². The molecule has 0 fully saturated rings. The Bertz CT molecular complexity index is 709. The standard InChI is InChI=1S/C16H27NO6S2.2Na/c1-14-11-15(2)13-16(12-14)17(7-3-5-9-24(18,19)20)8-4-6-10-25(21,22)23;;/h11-13H,3-10H2,1-2H3,(H,18,19,20)(H,21,22,23);;. The molecule has 0 unspecified atom stereocenters. The van der Waals surface area contributed by atoms with Crippen molar-refractivity contribution in [3.63, 3.8) is 0 Å². The van der Waals surface area contributed by atoms with E-state index in [4.69, 9.17) is 9.11 Å². The number of anilines is 1. The van der Waals surface area contributed by atoms with Gasteiger partial charge in [0.15, 0.2) is 0 Å². The van der Waals surface area contributed by atoms with E-state index >= 15 is 0 Å². The molecule has 1 aromatic carbocycles. The fraction of sp³-hybridized carbons (Fsp3) is 0.625. The average molecular weight is 440 g/mol. The molecule has 0 aromatic heterocycles. The van der Waals surface area contributed by atoms with Gasteiger partial charge >= 0.3 is 0 Å². The Morgan fingerprint density at radius 2 is 1.11 bits per heavy atom. The van der Waals surface area contributed by atoms with Crippen molar-refractivity contribution >= 4 is 85.0 Å². The quantitative estimate of drug-likeness (QED) is 0.306. The van der Waals surface area contributed by atoms with Gasteiger partial charge in [-0.3, -0.25) is 9.11 Å². The third-order valence-corrected chi connectivity index (χ3v) is 5.34. The van der Waals surface area contributed by atoms with Crippen molar-refractivity contribution in [1.82, 2.24) is 0 Å². The van der Waals surface area contributed by atoms with E-state index < -0.39 is 20.2 Å². The number of hydrogen-bond acceptors (Lipinski definition) is 5. The molecule has 0 heterocycles. The van der Waals surface area contributed by atoms with Crippen LogP contribution in [0.4, 0.5) is 5.69 Å². The zero-order chi connectivity index (χ0) is 19.1. The summed E-state index contributed by atoms with van der Waals surface area (Å²) in [6, 6.07) is 6.11. The first-order valence-corrected chi connectivity index (χ1v) is 11.4. The second-order valence-corrected chi connectivity index (χ2v) is 9.46. The number of rotatable bonds is 11. The van der Waals surface area contributed by atoms with Gasteiger partial charge in [0.25, 0.3) is 20.2 Å². The Kier molecular flexibility index (Phi) is 15.5. The minimum atomic E-state index is -3.95. The summed E-state index contributed by atoms with van der Waals surface area (Å²) in [7, 11) is -7.90. The van der Waals surface area contributed by atoms with Gasteiger partial charge in [-0.25, -0.2) is 0 Å². The molecule has 2 radical (unpaired) electrons. The maximum atomic E-state index is 10.8. The van der Waals surface area contributed by atoms with E-state index in [1.807, 2.05) is 26.0 Å². The summed E-state index contributed by atoms with van der Waals surface area (Å²) in [5.41, 5.74) is 3.21. The zero-order valence-electron chi connectivity index (χ0n) is 16.7. The summed E-state index contributed by atoms with van der Waals surface area (Å²) in [6.45, 7) is 5.19. The second-order valence-electron chi connectivity index (χ2n) is 6.32. The van der Waals surface area contributed by atoms with Crippen LogP contribution < -0.4 is 4.90 Å². The van der Waals surface area contributed by atoms with Gasteiger partial charge in [0.2, 0.25) is 0 Å². The summed E-state index contributed by atoms with van der Waals surface area (Å²) >= 11 is 0. The van der Waals surface area contributed by atoms with Crippen LogP contribution >= 0.6 is 0 Å². The van der Waals surface area contributed by atoms with Gasteiger partial charge in [0.1, 0.15) is 0 Å².